The summed E-state index contributed by atoms with van der Waals surface area (Å²) in [5.74, 6) is -0.950. The highest BCUT2D eigenvalue weighted by Gasteiger charge is 2.25. The van der Waals surface area contributed by atoms with Crippen LogP contribution in [0.15, 0.2) is 40.8 Å². The molecule has 4 rings (SSSR count). The van der Waals surface area contributed by atoms with Crippen molar-refractivity contribution in [3.63, 3.8) is 0 Å². The maximum absolute atomic E-state index is 12.6. The van der Waals surface area contributed by atoms with Crippen molar-refractivity contribution < 1.29 is 28.3 Å². The molecule has 0 bridgehead atoms. The molecule has 0 aliphatic carbocycles. The molecule has 0 saturated carbocycles. The van der Waals surface area contributed by atoms with Gasteiger partial charge in [0.25, 0.3) is 5.91 Å². The Labute approximate surface area is 185 Å². The van der Waals surface area contributed by atoms with Gasteiger partial charge in [0, 0.05) is 35.5 Å². The Hall–Kier alpha value is -3.55. The molecule has 168 valence electrons. The van der Waals surface area contributed by atoms with Gasteiger partial charge >= 0.3 is 12.1 Å². The van der Waals surface area contributed by atoms with Crippen LogP contribution in [0.25, 0.3) is 21.7 Å². The van der Waals surface area contributed by atoms with Crippen LogP contribution >= 0.6 is 0 Å². The van der Waals surface area contributed by atoms with Crippen LogP contribution in [0.1, 0.15) is 35.9 Å². The standard InChI is InChI=1S/C24H26N2O6/c1-3-30-24(29)26-12-10-17(11-13-26)25-20(27)14-31-23(28)21-15(2)18-9-8-16-6-4-5-7-19(16)22(18)32-21/h4-9,17H,3,10-14H2,1-2H3,(H,25,27). The zero-order valence-electron chi connectivity index (χ0n) is 18.2. The highest BCUT2D eigenvalue weighted by molar-refractivity contribution is 6.08. The summed E-state index contributed by atoms with van der Waals surface area (Å²) in [6.07, 6.45) is 0.905. The number of piperidine rings is 1. The minimum Gasteiger partial charge on any atom is -0.450 e. The first-order valence-corrected chi connectivity index (χ1v) is 10.8. The molecular weight excluding hydrogens is 412 g/mol. The maximum Gasteiger partial charge on any atom is 0.409 e. The van der Waals surface area contributed by atoms with E-state index in [4.69, 9.17) is 13.9 Å². The van der Waals surface area contributed by atoms with Crippen LogP contribution in [0.2, 0.25) is 0 Å². The third kappa shape index (κ3) is 4.39. The van der Waals surface area contributed by atoms with Crippen molar-refractivity contribution in [1.29, 1.82) is 0 Å². The molecule has 8 nitrogen and oxygen atoms in total. The number of ether oxygens (including phenoxy) is 2. The minimum absolute atomic E-state index is 0.0776. The molecule has 1 aliphatic heterocycles. The SMILES string of the molecule is CCOC(=O)N1CCC(NC(=O)COC(=O)c2oc3c(ccc4ccccc43)c2C)CC1. The molecule has 0 atom stereocenters. The molecule has 2 amide bonds. The molecule has 8 heteroatoms. The Morgan fingerprint density at radius 2 is 1.81 bits per heavy atom. The van der Waals surface area contributed by atoms with E-state index < -0.39 is 12.6 Å². The van der Waals surface area contributed by atoms with E-state index in [0.717, 1.165) is 16.2 Å². The molecule has 0 unspecified atom stereocenters. The second-order valence-corrected chi connectivity index (χ2v) is 7.82. The Kier molecular flexibility index (Phi) is 6.30. The number of nitrogens with one attached hydrogen (secondary N) is 1. The predicted molar refractivity (Wildman–Crippen MR) is 118 cm³/mol. The quantitative estimate of drug-likeness (QED) is 0.609. The number of likely N-dealkylation sites (tertiary alicyclic amines) is 1. The number of carbonyl (C=O) groups is 3. The van der Waals surface area contributed by atoms with Crippen molar-refractivity contribution in [2.45, 2.75) is 32.7 Å². The summed E-state index contributed by atoms with van der Waals surface area (Å²) < 4.78 is 16.1. The Balaban J connectivity index is 1.33. The number of hydrogen-bond donors (Lipinski definition) is 1. The zero-order valence-corrected chi connectivity index (χ0v) is 18.2. The van der Waals surface area contributed by atoms with E-state index in [1.54, 1.807) is 18.7 Å². The van der Waals surface area contributed by atoms with Crippen LogP contribution < -0.4 is 5.32 Å². The van der Waals surface area contributed by atoms with Gasteiger partial charge in [0.15, 0.2) is 6.61 Å². The van der Waals surface area contributed by atoms with Crippen LogP contribution in [0, 0.1) is 6.92 Å². The van der Waals surface area contributed by atoms with Crippen molar-refractivity contribution in [3.05, 3.63) is 47.7 Å². The van der Waals surface area contributed by atoms with Gasteiger partial charge in [-0.05, 0) is 32.1 Å². The molecule has 2 aromatic carbocycles. The summed E-state index contributed by atoms with van der Waals surface area (Å²) in [5, 5.41) is 5.63. The largest absolute Gasteiger partial charge is 0.450 e. The second-order valence-electron chi connectivity index (χ2n) is 7.82. The maximum atomic E-state index is 12.6. The van der Waals surface area contributed by atoms with Crippen LogP contribution in [0.4, 0.5) is 4.79 Å². The van der Waals surface area contributed by atoms with Crippen LogP contribution in [-0.4, -0.2) is 55.2 Å². The lowest BCUT2D eigenvalue weighted by Crippen LogP contribution is -2.47. The van der Waals surface area contributed by atoms with Gasteiger partial charge in [0.05, 0.1) is 6.61 Å². The first kappa shape index (κ1) is 21.7. The predicted octanol–water partition coefficient (Wildman–Crippen LogP) is 3.79. The van der Waals surface area contributed by atoms with Crippen LogP contribution in [0.3, 0.4) is 0 Å². The van der Waals surface area contributed by atoms with Crippen molar-refractivity contribution in [1.82, 2.24) is 10.2 Å². The molecule has 1 fully saturated rings. The zero-order chi connectivity index (χ0) is 22.7. The number of aryl methyl sites for hydroxylation is 1. The monoisotopic (exact) mass is 438 g/mol. The fourth-order valence-electron chi connectivity index (χ4n) is 4.03. The van der Waals surface area contributed by atoms with Gasteiger partial charge in [-0.15, -0.1) is 0 Å². The Morgan fingerprint density at radius 3 is 2.56 bits per heavy atom. The molecule has 1 N–H and O–H groups in total. The third-order valence-electron chi connectivity index (χ3n) is 5.73. The molecule has 0 spiro atoms. The average Bonchev–Trinajstić information content (AvgIpc) is 3.15. The summed E-state index contributed by atoms with van der Waals surface area (Å²) >= 11 is 0. The number of fused-ring (bicyclic) bond motifs is 3. The van der Waals surface area contributed by atoms with E-state index in [1.807, 2.05) is 36.4 Å². The number of benzene rings is 2. The van der Waals surface area contributed by atoms with Crippen molar-refractivity contribution in [2.24, 2.45) is 0 Å². The van der Waals surface area contributed by atoms with Gasteiger partial charge in [-0.2, -0.15) is 0 Å². The smallest absolute Gasteiger partial charge is 0.409 e. The summed E-state index contributed by atoms with van der Waals surface area (Å²) in [6.45, 7) is 4.52. The van der Waals surface area contributed by atoms with Gasteiger partial charge in [-0.25, -0.2) is 9.59 Å². The molecule has 1 aliphatic rings. The van der Waals surface area contributed by atoms with Gasteiger partial charge in [-0.1, -0.05) is 36.4 Å². The number of esters is 1. The number of rotatable bonds is 5. The van der Waals surface area contributed by atoms with E-state index in [1.165, 1.54) is 0 Å². The summed E-state index contributed by atoms with van der Waals surface area (Å²) in [5.41, 5.74) is 1.31. The van der Waals surface area contributed by atoms with Crippen molar-refractivity contribution in [3.8, 4) is 0 Å². The van der Waals surface area contributed by atoms with Gasteiger partial charge in [-0.3, -0.25) is 4.79 Å². The molecule has 1 aromatic heterocycles. The summed E-state index contributed by atoms with van der Waals surface area (Å²) in [4.78, 5) is 38.2. The van der Waals surface area contributed by atoms with Crippen LogP contribution in [0.5, 0.6) is 0 Å². The summed E-state index contributed by atoms with van der Waals surface area (Å²) in [7, 11) is 0. The Morgan fingerprint density at radius 1 is 1.06 bits per heavy atom. The minimum atomic E-state index is -0.671. The van der Waals surface area contributed by atoms with Gasteiger partial charge in [0.1, 0.15) is 5.58 Å². The van der Waals surface area contributed by atoms with Gasteiger partial charge < -0.3 is 24.1 Å². The number of hydrogen-bond acceptors (Lipinski definition) is 6. The van der Waals surface area contributed by atoms with E-state index in [-0.39, 0.29) is 23.8 Å². The molecule has 0 radical (unpaired) electrons. The lowest BCUT2D eigenvalue weighted by atomic mass is 10.1. The average molecular weight is 438 g/mol. The second kappa shape index (κ2) is 9.30. The number of amides is 2. The van der Waals surface area contributed by atoms with E-state index >= 15 is 0 Å². The lowest BCUT2D eigenvalue weighted by molar-refractivity contribution is -0.125. The van der Waals surface area contributed by atoms with E-state index in [0.29, 0.717) is 43.7 Å². The third-order valence-corrected chi connectivity index (χ3v) is 5.73. The van der Waals surface area contributed by atoms with Gasteiger partial charge in [0.2, 0.25) is 5.76 Å². The highest BCUT2D eigenvalue weighted by atomic mass is 16.6. The molecule has 1 saturated heterocycles. The fourth-order valence-corrected chi connectivity index (χ4v) is 4.03. The number of furan rings is 1. The number of carbonyl (C=O) groups excluding carboxylic acids is 3. The van der Waals surface area contributed by atoms with Crippen molar-refractivity contribution in [2.75, 3.05) is 26.3 Å². The summed E-state index contributed by atoms with van der Waals surface area (Å²) in [6, 6.07) is 11.6. The first-order valence-electron chi connectivity index (χ1n) is 10.8. The first-order chi connectivity index (χ1) is 15.5. The van der Waals surface area contributed by atoms with E-state index in [9.17, 15) is 14.4 Å². The molecule has 2 heterocycles. The molecule has 32 heavy (non-hydrogen) atoms. The highest BCUT2D eigenvalue weighted by Crippen LogP contribution is 2.32. The normalized spacial score (nSPS) is 14.5. The lowest BCUT2D eigenvalue weighted by Gasteiger charge is -2.31. The molecule has 3 aromatic rings. The molecular formula is C24H26N2O6. The van der Waals surface area contributed by atoms with E-state index in [2.05, 4.69) is 5.32 Å². The van der Waals surface area contributed by atoms with Crippen LogP contribution in [-0.2, 0) is 14.3 Å². The van der Waals surface area contributed by atoms with Crippen molar-refractivity contribution >= 4 is 39.7 Å². The Bertz CT molecular complexity index is 1160. The topological polar surface area (TPSA) is 98.1 Å². The fraction of sp³-hybridized carbons (Fsp3) is 0.375. The number of nitrogens with zero attached hydrogens (tertiary/aromatic N) is 1.